The van der Waals surface area contributed by atoms with Gasteiger partial charge < -0.3 is 25.5 Å². The predicted molar refractivity (Wildman–Crippen MR) is 201 cm³/mol. The number of para-hydroxylation sites is 2. The summed E-state index contributed by atoms with van der Waals surface area (Å²) in [6, 6.07) is 36.8. The number of hydroxylamine groups is 1. The zero-order chi connectivity index (χ0) is 39.2. The normalized spacial score (nSPS) is 11.9. The van der Waals surface area contributed by atoms with Crippen molar-refractivity contribution in [1.82, 2.24) is 10.8 Å². The summed E-state index contributed by atoms with van der Waals surface area (Å²) >= 11 is 0. The molecule has 0 fully saturated rings. The molecule has 1 aliphatic rings. The molecule has 0 atom stereocenters. The Hall–Kier alpha value is -6.31. The molecule has 0 radical (unpaired) electrons. The van der Waals surface area contributed by atoms with Crippen LogP contribution in [-0.4, -0.2) is 36.8 Å². The number of benzene rings is 5. The number of carbonyl (C=O) groups is 4. The van der Waals surface area contributed by atoms with Crippen molar-refractivity contribution in [3.63, 3.8) is 0 Å². The van der Waals surface area contributed by atoms with Crippen molar-refractivity contribution in [2.75, 3.05) is 11.4 Å². The number of alkyl halides is 3. The SMILES string of the molecule is NCc1cccc(Oc2ccccc2N(Cc2ccc(-c3cccc(C=O)c3)cc2)C(=O)CCC(=O)NOC(=O)C(F)(F)F)c1.c1ccc2c(c1)CCNC2. The molecule has 13 heteroatoms. The molecule has 10 nitrogen and oxygen atoms in total. The van der Waals surface area contributed by atoms with E-state index in [4.69, 9.17) is 10.5 Å². The molecule has 1 aliphatic heterocycles. The van der Waals surface area contributed by atoms with Gasteiger partial charge in [-0.3, -0.25) is 14.4 Å². The Bertz CT molecular complexity index is 2080. The van der Waals surface area contributed by atoms with Crippen LogP contribution in [0.2, 0.25) is 0 Å². The molecular weight excluding hydrogens is 713 g/mol. The lowest BCUT2D eigenvalue weighted by molar-refractivity contribution is -0.207. The second-order valence-electron chi connectivity index (χ2n) is 12.4. The number of hydrogen-bond acceptors (Lipinski definition) is 8. The molecule has 5 aromatic rings. The number of anilines is 1. The van der Waals surface area contributed by atoms with Crippen molar-refractivity contribution in [1.29, 1.82) is 0 Å². The van der Waals surface area contributed by atoms with E-state index in [2.05, 4.69) is 34.4 Å². The maximum atomic E-state index is 13.6. The summed E-state index contributed by atoms with van der Waals surface area (Å²) in [7, 11) is 0. The molecule has 5 aromatic carbocycles. The summed E-state index contributed by atoms with van der Waals surface area (Å²) in [5.41, 5.74) is 14.3. The number of aldehydes is 1. The summed E-state index contributed by atoms with van der Waals surface area (Å²) in [5, 5.41) is 3.34. The van der Waals surface area contributed by atoms with Crippen LogP contribution in [0.25, 0.3) is 11.1 Å². The summed E-state index contributed by atoms with van der Waals surface area (Å²) in [6.45, 7) is 2.52. The lowest BCUT2D eigenvalue weighted by Crippen LogP contribution is -2.36. The van der Waals surface area contributed by atoms with E-state index in [-0.39, 0.29) is 6.54 Å². The smallest absolute Gasteiger partial charge is 0.455 e. The molecule has 0 saturated carbocycles. The topological polar surface area (TPSA) is 140 Å². The van der Waals surface area contributed by atoms with Crippen molar-refractivity contribution in [3.05, 3.63) is 149 Å². The monoisotopic (exact) mass is 752 g/mol. The van der Waals surface area contributed by atoms with Crippen molar-refractivity contribution >= 4 is 29.8 Å². The summed E-state index contributed by atoms with van der Waals surface area (Å²) in [6.07, 6.45) is -4.33. The summed E-state index contributed by atoms with van der Waals surface area (Å²) < 4.78 is 43.3. The molecule has 0 saturated heterocycles. The van der Waals surface area contributed by atoms with Crippen molar-refractivity contribution in [2.45, 2.75) is 45.1 Å². The minimum absolute atomic E-state index is 0.0430. The minimum Gasteiger partial charge on any atom is -0.455 e. The first kappa shape index (κ1) is 39.9. The van der Waals surface area contributed by atoms with Crippen LogP contribution in [0.5, 0.6) is 11.5 Å². The zero-order valence-electron chi connectivity index (χ0n) is 29.7. The van der Waals surface area contributed by atoms with Gasteiger partial charge in [0.25, 0.3) is 5.91 Å². The molecule has 0 aliphatic carbocycles. The second-order valence-corrected chi connectivity index (χ2v) is 12.4. The Morgan fingerprint density at radius 1 is 0.800 bits per heavy atom. The Labute approximate surface area is 316 Å². The van der Waals surface area contributed by atoms with E-state index >= 15 is 0 Å². The van der Waals surface area contributed by atoms with Crippen molar-refractivity contribution in [2.24, 2.45) is 5.73 Å². The molecule has 6 rings (SSSR count). The number of ether oxygens (including phenoxy) is 1. The number of hydrogen-bond donors (Lipinski definition) is 3. The summed E-state index contributed by atoms with van der Waals surface area (Å²) in [4.78, 5) is 52.9. The average Bonchev–Trinajstić information content (AvgIpc) is 3.21. The van der Waals surface area contributed by atoms with Crippen LogP contribution < -0.4 is 26.2 Å². The lowest BCUT2D eigenvalue weighted by atomic mass is 10.0. The molecule has 284 valence electrons. The minimum atomic E-state index is -5.29. The van der Waals surface area contributed by atoms with Gasteiger partial charge in [0.2, 0.25) is 5.91 Å². The van der Waals surface area contributed by atoms with Crippen LogP contribution in [0.4, 0.5) is 18.9 Å². The first-order valence-corrected chi connectivity index (χ1v) is 17.4. The molecule has 55 heavy (non-hydrogen) atoms. The highest BCUT2D eigenvalue weighted by molar-refractivity contribution is 5.96. The molecule has 0 bridgehead atoms. The first-order valence-electron chi connectivity index (χ1n) is 17.4. The van der Waals surface area contributed by atoms with E-state index in [0.29, 0.717) is 34.9 Å². The van der Waals surface area contributed by atoms with Crippen molar-refractivity contribution in [3.8, 4) is 22.6 Å². The largest absolute Gasteiger partial charge is 0.493 e. The fourth-order valence-corrected chi connectivity index (χ4v) is 5.70. The van der Waals surface area contributed by atoms with Gasteiger partial charge in [-0.25, -0.2) is 4.79 Å². The third-order valence-corrected chi connectivity index (χ3v) is 8.53. The lowest BCUT2D eigenvalue weighted by Gasteiger charge is -2.25. The van der Waals surface area contributed by atoms with E-state index in [9.17, 15) is 32.3 Å². The van der Waals surface area contributed by atoms with Gasteiger partial charge in [-0.05, 0) is 76.7 Å². The van der Waals surface area contributed by atoms with Crippen LogP contribution >= 0.6 is 0 Å². The molecule has 1 heterocycles. The highest BCUT2D eigenvalue weighted by Crippen LogP contribution is 2.34. The Balaban J connectivity index is 0.000000496. The van der Waals surface area contributed by atoms with Gasteiger partial charge in [0.05, 0.1) is 12.2 Å². The third-order valence-electron chi connectivity index (χ3n) is 8.53. The highest BCUT2D eigenvalue weighted by Gasteiger charge is 2.42. The molecule has 0 unspecified atom stereocenters. The zero-order valence-corrected chi connectivity index (χ0v) is 29.7. The van der Waals surface area contributed by atoms with Gasteiger partial charge in [-0.2, -0.15) is 18.7 Å². The second kappa shape index (κ2) is 19.1. The van der Waals surface area contributed by atoms with E-state index < -0.39 is 36.8 Å². The number of carbonyl (C=O) groups excluding carboxylic acids is 4. The van der Waals surface area contributed by atoms with Gasteiger partial charge in [-0.15, -0.1) is 0 Å². The number of fused-ring (bicyclic) bond motifs is 1. The maximum Gasteiger partial charge on any atom is 0.493 e. The van der Waals surface area contributed by atoms with E-state index in [1.807, 2.05) is 24.3 Å². The summed E-state index contributed by atoms with van der Waals surface area (Å²) in [5.74, 6) is -3.43. The molecule has 0 aromatic heterocycles. The third kappa shape index (κ3) is 11.6. The first-order chi connectivity index (χ1) is 26.5. The fraction of sp³-hybridized carbons (Fsp3) is 0.190. The van der Waals surface area contributed by atoms with E-state index in [0.717, 1.165) is 36.1 Å². The molecular formula is C42H39F3N4O6. The number of nitrogens with zero attached hydrogens (tertiary/aromatic N) is 1. The number of nitrogens with one attached hydrogen (secondary N) is 2. The van der Waals surface area contributed by atoms with Gasteiger partial charge in [-0.1, -0.05) is 91.0 Å². The van der Waals surface area contributed by atoms with Gasteiger partial charge in [0.1, 0.15) is 12.0 Å². The molecule has 2 amide bonds. The fourth-order valence-electron chi connectivity index (χ4n) is 5.70. The quantitative estimate of drug-likeness (QED) is 0.0952. The number of rotatable bonds is 11. The molecule has 4 N–H and O–H groups in total. The number of amides is 2. The number of halogens is 3. The van der Waals surface area contributed by atoms with Crippen molar-refractivity contribution < 1.29 is 41.9 Å². The van der Waals surface area contributed by atoms with Crippen LogP contribution in [0.3, 0.4) is 0 Å². The van der Waals surface area contributed by atoms with Crippen LogP contribution in [-0.2, 0) is 45.3 Å². The maximum absolute atomic E-state index is 13.6. The van der Waals surface area contributed by atoms with E-state index in [1.54, 1.807) is 72.8 Å². The standard InChI is InChI=1S/C33H28F3N3O6.C9H11N/c34-33(35,36)32(43)45-38-30(41)15-16-31(42)39(20-22-11-13-25(14-12-22)26-7-3-6-24(17-26)21-40)28-9-1-2-10-29(28)44-27-8-4-5-23(18-27)19-37;1-2-4-9-7-10-6-5-8(9)3-1/h1-14,17-18,21H,15-16,19-20,37H2,(H,38,41);1-4,10H,5-7H2. The van der Waals surface area contributed by atoms with Gasteiger partial charge in [0, 0.05) is 31.5 Å². The van der Waals surface area contributed by atoms with Crippen LogP contribution in [0, 0.1) is 0 Å². The molecule has 0 spiro atoms. The Morgan fingerprint density at radius 2 is 1.53 bits per heavy atom. The highest BCUT2D eigenvalue weighted by atomic mass is 19.4. The van der Waals surface area contributed by atoms with Crippen LogP contribution in [0.1, 0.15) is 45.5 Å². The van der Waals surface area contributed by atoms with E-state index in [1.165, 1.54) is 27.9 Å². The Kier molecular flexibility index (Phi) is 13.9. The number of nitrogens with two attached hydrogens (primary N) is 1. The average molecular weight is 753 g/mol. The van der Waals surface area contributed by atoms with Gasteiger partial charge >= 0.3 is 12.1 Å². The Morgan fingerprint density at radius 3 is 2.25 bits per heavy atom. The predicted octanol–water partition coefficient (Wildman–Crippen LogP) is 7.20. The van der Waals surface area contributed by atoms with Crippen LogP contribution in [0.15, 0.2) is 121 Å². The van der Waals surface area contributed by atoms with Gasteiger partial charge in [0.15, 0.2) is 5.75 Å².